The van der Waals surface area contributed by atoms with Gasteiger partial charge in [-0.3, -0.25) is 37.3 Å². The second kappa shape index (κ2) is 65.0. The molecule has 0 rings (SSSR count). The minimum Gasteiger partial charge on any atom is -0.462 e. The van der Waals surface area contributed by atoms with Gasteiger partial charge in [0.05, 0.1) is 26.4 Å². The molecule has 17 nitrogen and oxygen atoms in total. The fourth-order valence-electron chi connectivity index (χ4n) is 11.1. The smallest absolute Gasteiger partial charge is 0.462 e. The minimum absolute atomic E-state index is 0.103. The summed E-state index contributed by atoms with van der Waals surface area (Å²) in [5.41, 5.74) is 0. The van der Waals surface area contributed by atoms with E-state index in [9.17, 15) is 43.2 Å². The van der Waals surface area contributed by atoms with Crippen LogP contribution in [0.4, 0.5) is 0 Å². The number of ether oxygens (including phenoxy) is 4. The third-order valence-corrected chi connectivity index (χ3v) is 18.9. The molecule has 0 heterocycles. The first-order valence-electron chi connectivity index (χ1n) is 38.0. The summed E-state index contributed by atoms with van der Waals surface area (Å²) < 4.78 is 68.1. The Morgan fingerprint density at radius 1 is 0.293 bits per heavy atom. The molecule has 0 aromatic heterocycles. The van der Waals surface area contributed by atoms with E-state index in [1.54, 1.807) is 0 Å². The Balaban J connectivity index is 5.12. The molecule has 19 heteroatoms. The van der Waals surface area contributed by atoms with Crippen LogP contribution >= 0.6 is 15.6 Å². The Morgan fingerprint density at radius 2 is 0.500 bits per heavy atom. The molecule has 546 valence electrons. The van der Waals surface area contributed by atoms with Gasteiger partial charge >= 0.3 is 39.5 Å². The average Bonchev–Trinajstić information content (AvgIpc) is 1.48. The number of aliphatic hydroxyl groups is 1. The standard InChI is InChI=1S/C73H142O17P2/c1-7-9-11-13-14-15-16-17-18-19-20-21-22-23-28-31-34-39-45-51-57-72(77)90-69(62-84-71(76)56-50-44-38-33-30-27-25-24-26-29-32-36-42-47-53-65(3)4)64-88-92(81,82)86-60-67(74)59-85-91(79,80)87-63-68(61-83-70(75)55-49-41-12-10-8-2)89-73(78)58-52-46-40-35-37-43-48-54-66(5)6/h65-69,74H,7-64H2,1-6H3,(H,79,80)(H,81,82)/t67-,68+,69+/m0/s1. The molecule has 0 bridgehead atoms. The number of esters is 4. The summed E-state index contributed by atoms with van der Waals surface area (Å²) in [7, 11) is -9.89. The molecule has 3 N–H and O–H groups in total. The summed E-state index contributed by atoms with van der Waals surface area (Å²) in [5.74, 6) is -0.639. The van der Waals surface area contributed by atoms with E-state index in [-0.39, 0.29) is 25.7 Å². The van der Waals surface area contributed by atoms with Gasteiger partial charge in [0.2, 0.25) is 0 Å². The number of hydrogen-bond acceptors (Lipinski definition) is 15. The van der Waals surface area contributed by atoms with Crippen molar-refractivity contribution in [2.75, 3.05) is 39.6 Å². The van der Waals surface area contributed by atoms with Crippen molar-refractivity contribution < 1.29 is 80.2 Å². The Kier molecular flexibility index (Phi) is 63.7. The van der Waals surface area contributed by atoms with Crippen LogP contribution in [-0.2, 0) is 65.4 Å². The van der Waals surface area contributed by atoms with Crippen molar-refractivity contribution in [3.8, 4) is 0 Å². The third kappa shape index (κ3) is 66.7. The zero-order valence-corrected chi connectivity index (χ0v) is 61.6. The first kappa shape index (κ1) is 90.1. The van der Waals surface area contributed by atoms with E-state index in [1.165, 1.54) is 186 Å². The number of unbranched alkanes of at least 4 members (excludes halogenated alkanes) is 42. The van der Waals surface area contributed by atoms with Crippen molar-refractivity contribution in [3.63, 3.8) is 0 Å². The molecule has 0 aliphatic rings. The summed E-state index contributed by atoms with van der Waals surface area (Å²) >= 11 is 0. The van der Waals surface area contributed by atoms with Crippen LogP contribution in [-0.4, -0.2) is 96.7 Å². The molecule has 0 aliphatic carbocycles. The van der Waals surface area contributed by atoms with Crippen molar-refractivity contribution in [3.05, 3.63) is 0 Å². The maximum absolute atomic E-state index is 13.1. The SMILES string of the molecule is CCCCCCCCCCCCCCCCCCCCCCC(=O)O[C@H](COC(=O)CCCCCCCCCCCCCCCCC(C)C)COP(=O)(O)OC[C@@H](O)COP(=O)(O)OC[C@@H](COC(=O)CCCCCCC)OC(=O)CCCCCCCCCC(C)C. The van der Waals surface area contributed by atoms with Gasteiger partial charge < -0.3 is 33.8 Å². The molecule has 5 atom stereocenters. The van der Waals surface area contributed by atoms with Crippen molar-refractivity contribution in [2.24, 2.45) is 11.8 Å². The lowest BCUT2D eigenvalue weighted by Crippen LogP contribution is -2.30. The molecule has 0 saturated heterocycles. The van der Waals surface area contributed by atoms with Crippen LogP contribution in [0.25, 0.3) is 0 Å². The highest BCUT2D eigenvalue weighted by Crippen LogP contribution is 2.45. The lowest BCUT2D eigenvalue weighted by atomic mass is 10.0. The first-order valence-corrected chi connectivity index (χ1v) is 41.0. The molecule has 0 radical (unpaired) electrons. The van der Waals surface area contributed by atoms with Crippen LogP contribution in [0.15, 0.2) is 0 Å². The van der Waals surface area contributed by atoms with Crippen molar-refractivity contribution in [2.45, 2.75) is 394 Å². The van der Waals surface area contributed by atoms with Gasteiger partial charge in [-0.2, -0.15) is 0 Å². The average molecular weight is 1350 g/mol. The van der Waals surface area contributed by atoms with Gasteiger partial charge in [0.25, 0.3) is 0 Å². The number of phosphoric acid groups is 2. The number of carbonyl (C=O) groups excluding carboxylic acids is 4. The molecule has 0 amide bonds. The van der Waals surface area contributed by atoms with E-state index >= 15 is 0 Å². The van der Waals surface area contributed by atoms with Gasteiger partial charge in [-0.05, 0) is 37.5 Å². The number of carbonyl (C=O) groups is 4. The summed E-state index contributed by atoms with van der Waals surface area (Å²) in [6.07, 6.45) is 52.0. The predicted octanol–water partition coefficient (Wildman–Crippen LogP) is 21.2. The Hall–Kier alpha value is -1.94. The van der Waals surface area contributed by atoms with Crippen molar-refractivity contribution in [1.82, 2.24) is 0 Å². The molecular formula is C73H142O17P2. The maximum atomic E-state index is 13.1. The molecular weight excluding hydrogens is 1210 g/mol. The Bertz CT molecular complexity index is 1790. The molecule has 0 aromatic rings. The molecule has 0 aliphatic heterocycles. The third-order valence-electron chi connectivity index (χ3n) is 17.0. The van der Waals surface area contributed by atoms with E-state index in [1.807, 2.05) is 0 Å². The van der Waals surface area contributed by atoms with Crippen LogP contribution < -0.4 is 0 Å². The van der Waals surface area contributed by atoms with E-state index in [4.69, 9.17) is 37.0 Å². The number of hydrogen-bond donors (Lipinski definition) is 3. The van der Waals surface area contributed by atoms with Crippen LogP contribution in [0.5, 0.6) is 0 Å². The Labute approximate surface area is 562 Å². The highest BCUT2D eigenvalue weighted by molar-refractivity contribution is 7.47. The Morgan fingerprint density at radius 3 is 0.739 bits per heavy atom. The van der Waals surface area contributed by atoms with Crippen molar-refractivity contribution in [1.29, 1.82) is 0 Å². The van der Waals surface area contributed by atoms with E-state index in [0.717, 1.165) is 102 Å². The molecule has 2 unspecified atom stereocenters. The molecule has 0 spiro atoms. The summed E-state index contributed by atoms with van der Waals surface area (Å²) in [6.45, 7) is 9.44. The minimum atomic E-state index is -4.95. The van der Waals surface area contributed by atoms with E-state index in [2.05, 4.69) is 41.5 Å². The van der Waals surface area contributed by atoms with Gasteiger partial charge in [-0.1, -0.05) is 324 Å². The van der Waals surface area contributed by atoms with Gasteiger partial charge in [0.1, 0.15) is 19.3 Å². The highest BCUT2D eigenvalue weighted by Gasteiger charge is 2.30. The monoisotopic (exact) mass is 1350 g/mol. The van der Waals surface area contributed by atoms with Crippen LogP contribution in [0.1, 0.15) is 375 Å². The number of aliphatic hydroxyl groups excluding tert-OH is 1. The van der Waals surface area contributed by atoms with Crippen LogP contribution in [0, 0.1) is 11.8 Å². The zero-order chi connectivity index (χ0) is 67.9. The van der Waals surface area contributed by atoms with Gasteiger partial charge in [0.15, 0.2) is 12.2 Å². The summed E-state index contributed by atoms with van der Waals surface area (Å²) in [4.78, 5) is 72.3. The largest absolute Gasteiger partial charge is 0.472 e. The molecule has 0 fully saturated rings. The number of phosphoric ester groups is 2. The second-order valence-corrected chi connectivity index (χ2v) is 30.2. The quantitative estimate of drug-likeness (QED) is 0.0222. The number of rotatable bonds is 72. The first-order chi connectivity index (χ1) is 44.4. The molecule has 0 saturated carbocycles. The topological polar surface area (TPSA) is 237 Å². The van der Waals surface area contributed by atoms with Crippen LogP contribution in [0.3, 0.4) is 0 Å². The summed E-state index contributed by atoms with van der Waals surface area (Å²) in [6, 6.07) is 0. The summed E-state index contributed by atoms with van der Waals surface area (Å²) in [5, 5.41) is 10.6. The van der Waals surface area contributed by atoms with E-state index in [0.29, 0.717) is 31.6 Å². The lowest BCUT2D eigenvalue weighted by Gasteiger charge is -2.21. The predicted molar refractivity (Wildman–Crippen MR) is 372 cm³/mol. The van der Waals surface area contributed by atoms with Gasteiger partial charge in [0, 0.05) is 25.7 Å². The maximum Gasteiger partial charge on any atom is 0.472 e. The second-order valence-electron chi connectivity index (χ2n) is 27.3. The fourth-order valence-corrected chi connectivity index (χ4v) is 12.7. The lowest BCUT2D eigenvalue weighted by molar-refractivity contribution is -0.161. The molecule has 0 aromatic carbocycles. The van der Waals surface area contributed by atoms with Gasteiger partial charge in [-0.15, -0.1) is 0 Å². The zero-order valence-electron chi connectivity index (χ0n) is 59.9. The van der Waals surface area contributed by atoms with Crippen LogP contribution in [0.2, 0.25) is 0 Å². The van der Waals surface area contributed by atoms with Crippen molar-refractivity contribution >= 4 is 39.5 Å². The van der Waals surface area contributed by atoms with Gasteiger partial charge in [-0.25, -0.2) is 9.13 Å². The normalized spacial score (nSPS) is 14.1. The highest BCUT2D eigenvalue weighted by atomic mass is 31.2. The molecule has 92 heavy (non-hydrogen) atoms. The fraction of sp³-hybridized carbons (Fsp3) is 0.945. The van der Waals surface area contributed by atoms with E-state index < -0.39 is 97.5 Å².